The monoisotopic (exact) mass is 279 g/mol. The number of aromatic nitrogens is 2. The summed E-state index contributed by atoms with van der Waals surface area (Å²) in [5.74, 6) is 0.698. The predicted octanol–water partition coefficient (Wildman–Crippen LogP) is 2.44. The molecule has 1 aromatic heterocycles. The zero-order chi connectivity index (χ0) is 14.8. The van der Waals surface area contributed by atoms with E-state index < -0.39 is 4.92 Å². The third-order valence-corrected chi connectivity index (χ3v) is 4.46. The Labute approximate surface area is 118 Å². The molecule has 1 fully saturated rings. The van der Waals surface area contributed by atoms with Crippen LogP contribution in [0.2, 0.25) is 0 Å². The first-order chi connectivity index (χ1) is 9.56. The van der Waals surface area contributed by atoms with Crippen LogP contribution in [0.25, 0.3) is 0 Å². The molecule has 1 aliphatic rings. The molecule has 1 N–H and O–H groups in total. The molecule has 7 heteroatoms. The van der Waals surface area contributed by atoms with Gasteiger partial charge < -0.3 is 10.2 Å². The van der Waals surface area contributed by atoms with E-state index in [1.54, 1.807) is 7.05 Å². The van der Waals surface area contributed by atoms with E-state index in [0.29, 0.717) is 5.82 Å². The Morgan fingerprint density at radius 2 is 2.15 bits per heavy atom. The van der Waals surface area contributed by atoms with Crippen molar-refractivity contribution in [2.75, 3.05) is 30.4 Å². The summed E-state index contributed by atoms with van der Waals surface area (Å²) in [7, 11) is 1.63. The quantitative estimate of drug-likeness (QED) is 0.658. The van der Waals surface area contributed by atoms with Crippen molar-refractivity contribution in [1.82, 2.24) is 9.97 Å². The van der Waals surface area contributed by atoms with E-state index in [0.717, 1.165) is 32.4 Å². The number of rotatable bonds is 5. The lowest BCUT2D eigenvalue weighted by molar-refractivity contribution is -0.383. The highest BCUT2D eigenvalue weighted by Crippen LogP contribution is 2.41. The van der Waals surface area contributed by atoms with E-state index in [1.165, 1.54) is 6.33 Å². The van der Waals surface area contributed by atoms with Crippen molar-refractivity contribution in [1.29, 1.82) is 0 Å². The molecule has 0 saturated carbocycles. The maximum absolute atomic E-state index is 11.3. The third kappa shape index (κ3) is 2.39. The summed E-state index contributed by atoms with van der Waals surface area (Å²) in [6, 6.07) is 0. The molecule has 0 spiro atoms. The summed E-state index contributed by atoms with van der Waals surface area (Å²) in [6.07, 6.45) is 4.59. The van der Waals surface area contributed by atoms with Crippen molar-refractivity contribution < 1.29 is 4.92 Å². The van der Waals surface area contributed by atoms with Crippen molar-refractivity contribution in [3.05, 3.63) is 16.4 Å². The minimum Gasteiger partial charge on any atom is -0.367 e. The minimum absolute atomic E-state index is 0.0296. The Bertz CT molecular complexity index is 502. The van der Waals surface area contributed by atoms with Gasteiger partial charge in [-0.1, -0.05) is 13.8 Å². The van der Waals surface area contributed by atoms with Gasteiger partial charge >= 0.3 is 5.69 Å². The molecule has 110 valence electrons. The van der Waals surface area contributed by atoms with Crippen molar-refractivity contribution in [2.24, 2.45) is 5.41 Å². The molecule has 20 heavy (non-hydrogen) atoms. The molecular formula is C13H21N5O2. The van der Waals surface area contributed by atoms with Crippen LogP contribution in [-0.4, -0.2) is 35.0 Å². The van der Waals surface area contributed by atoms with Crippen LogP contribution in [0.1, 0.15) is 33.1 Å². The van der Waals surface area contributed by atoms with Gasteiger partial charge in [-0.3, -0.25) is 10.1 Å². The zero-order valence-electron chi connectivity index (χ0n) is 12.2. The van der Waals surface area contributed by atoms with Gasteiger partial charge in [0.05, 0.1) is 4.92 Å². The number of nitrogens with zero attached hydrogens (tertiary/aromatic N) is 4. The molecular weight excluding hydrogens is 258 g/mol. The highest BCUT2D eigenvalue weighted by molar-refractivity contribution is 5.70. The van der Waals surface area contributed by atoms with Gasteiger partial charge in [0.1, 0.15) is 6.33 Å². The van der Waals surface area contributed by atoms with Gasteiger partial charge in [-0.05, 0) is 24.7 Å². The molecule has 0 aromatic carbocycles. The molecule has 2 heterocycles. The number of nitro groups is 1. The number of anilines is 2. The van der Waals surface area contributed by atoms with Crippen molar-refractivity contribution >= 4 is 17.3 Å². The van der Waals surface area contributed by atoms with Crippen LogP contribution < -0.4 is 10.2 Å². The van der Waals surface area contributed by atoms with E-state index in [-0.39, 0.29) is 16.9 Å². The summed E-state index contributed by atoms with van der Waals surface area (Å²) in [6.45, 7) is 5.99. The van der Waals surface area contributed by atoms with Gasteiger partial charge in [-0.15, -0.1) is 0 Å². The maximum Gasteiger partial charge on any atom is 0.353 e. The second kappa shape index (κ2) is 5.60. The zero-order valence-corrected chi connectivity index (χ0v) is 12.2. The molecule has 0 amide bonds. The van der Waals surface area contributed by atoms with Crippen molar-refractivity contribution in [2.45, 2.75) is 33.1 Å². The third-order valence-electron chi connectivity index (χ3n) is 4.46. The summed E-state index contributed by atoms with van der Waals surface area (Å²) >= 11 is 0. The van der Waals surface area contributed by atoms with Crippen molar-refractivity contribution in [3.8, 4) is 0 Å². The average Bonchev–Trinajstić information content (AvgIpc) is 2.91. The van der Waals surface area contributed by atoms with Crippen LogP contribution in [0, 0.1) is 15.5 Å². The van der Waals surface area contributed by atoms with E-state index in [2.05, 4.69) is 29.1 Å². The lowest BCUT2D eigenvalue weighted by atomic mass is 9.82. The molecule has 0 atom stereocenters. The second-order valence-corrected chi connectivity index (χ2v) is 5.28. The van der Waals surface area contributed by atoms with Crippen LogP contribution in [0.15, 0.2) is 6.33 Å². The van der Waals surface area contributed by atoms with Gasteiger partial charge in [0.25, 0.3) is 0 Å². The Morgan fingerprint density at radius 1 is 1.45 bits per heavy atom. The average molecular weight is 279 g/mol. The lowest BCUT2D eigenvalue weighted by Gasteiger charge is -2.26. The minimum atomic E-state index is -0.404. The molecule has 0 radical (unpaired) electrons. The first-order valence-corrected chi connectivity index (χ1v) is 6.99. The topological polar surface area (TPSA) is 84.2 Å². The molecule has 0 unspecified atom stereocenters. The normalized spacial score (nSPS) is 17.2. The fraction of sp³-hybridized carbons (Fsp3) is 0.692. The van der Waals surface area contributed by atoms with Gasteiger partial charge in [-0.25, -0.2) is 9.97 Å². The first-order valence-electron chi connectivity index (χ1n) is 6.99. The smallest absolute Gasteiger partial charge is 0.353 e. The number of hydrogen-bond donors (Lipinski definition) is 1. The fourth-order valence-corrected chi connectivity index (χ4v) is 2.90. The standard InChI is InChI=1S/C13H21N5O2/c1-4-13(5-2)6-7-17(8-13)12-10(18(19)20)11(14-3)15-9-16-12/h9H,4-8H2,1-3H3,(H,14,15,16). The molecule has 1 aromatic rings. The van der Waals surface area contributed by atoms with E-state index in [4.69, 9.17) is 0 Å². The van der Waals surface area contributed by atoms with E-state index in [1.807, 2.05) is 4.90 Å². The molecule has 0 aliphatic carbocycles. The van der Waals surface area contributed by atoms with Crippen LogP contribution >= 0.6 is 0 Å². The van der Waals surface area contributed by atoms with Gasteiger partial charge in [-0.2, -0.15) is 0 Å². The number of hydrogen-bond acceptors (Lipinski definition) is 6. The van der Waals surface area contributed by atoms with Gasteiger partial charge in [0, 0.05) is 20.1 Å². The van der Waals surface area contributed by atoms with Crippen molar-refractivity contribution in [3.63, 3.8) is 0 Å². The predicted molar refractivity (Wildman–Crippen MR) is 78.1 cm³/mol. The Morgan fingerprint density at radius 3 is 2.65 bits per heavy atom. The molecule has 1 aliphatic heterocycles. The van der Waals surface area contributed by atoms with E-state index >= 15 is 0 Å². The highest BCUT2D eigenvalue weighted by atomic mass is 16.6. The Kier molecular flexibility index (Phi) is 4.06. The maximum atomic E-state index is 11.3. The Hall–Kier alpha value is -1.92. The summed E-state index contributed by atoms with van der Waals surface area (Å²) < 4.78 is 0. The van der Waals surface area contributed by atoms with Crippen LogP contribution in [-0.2, 0) is 0 Å². The number of nitrogens with one attached hydrogen (secondary N) is 1. The van der Waals surface area contributed by atoms with Crippen LogP contribution in [0.4, 0.5) is 17.3 Å². The summed E-state index contributed by atoms with van der Waals surface area (Å²) in [4.78, 5) is 21.0. The first kappa shape index (κ1) is 14.5. The molecule has 7 nitrogen and oxygen atoms in total. The van der Waals surface area contributed by atoms with Crippen LogP contribution in [0.3, 0.4) is 0 Å². The molecule has 1 saturated heterocycles. The molecule has 2 rings (SSSR count). The van der Waals surface area contributed by atoms with Gasteiger partial charge in [0.2, 0.25) is 11.6 Å². The van der Waals surface area contributed by atoms with Crippen LogP contribution in [0.5, 0.6) is 0 Å². The summed E-state index contributed by atoms with van der Waals surface area (Å²) in [5, 5.41) is 14.1. The van der Waals surface area contributed by atoms with E-state index in [9.17, 15) is 10.1 Å². The highest BCUT2D eigenvalue weighted by Gasteiger charge is 2.38. The Balaban J connectivity index is 2.37. The lowest BCUT2D eigenvalue weighted by Crippen LogP contribution is -2.27. The SMILES string of the molecule is CCC1(CC)CCN(c2ncnc(NC)c2[N+](=O)[O-])C1. The second-order valence-electron chi connectivity index (χ2n) is 5.28. The largest absolute Gasteiger partial charge is 0.367 e. The molecule has 0 bridgehead atoms. The fourth-order valence-electron chi connectivity index (χ4n) is 2.90. The van der Waals surface area contributed by atoms with Gasteiger partial charge in [0.15, 0.2) is 0 Å². The summed E-state index contributed by atoms with van der Waals surface area (Å²) in [5.41, 5.74) is 0.219.